The molecule has 1 fully saturated rings. The minimum atomic E-state index is -1.33. The van der Waals surface area contributed by atoms with Crippen molar-refractivity contribution in [1.82, 2.24) is 19.8 Å². The van der Waals surface area contributed by atoms with Crippen LogP contribution in [0.1, 0.15) is 52.8 Å². The topological polar surface area (TPSA) is 106 Å². The highest BCUT2D eigenvalue weighted by molar-refractivity contribution is 7.20. The van der Waals surface area contributed by atoms with Crippen molar-refractivity contribution in [3.05, 3.63) is 98.1 Å². The van der Waals surface area contributed by atoms with Crippen molar-refractivity contribution in [2.45, 2.75) is 64.8 Å². The van der Waals surface area contributed by atoms with E-state index in [4.69, 9.17) is 47.1 Å². The van der Waals surface area contributed by atoms with Crippen LogP contribution in [0.2, 0.25) is 10.0 Å². The Morgan fingerprint density at radius 1 is 0.982 bits per heavy atom. The molecule has 298 valence electrons. The molecule has 3 aliphatic heterocycles. The van der Waals surface area contributed by atoms with Crippen LogP contribution in [0.3, 0.4) is 0 Å². The fraction of sp³-hybridized carbons (Fsp3) is 0.386. The Labute approximate surface area is 346 Å². The number of allylic oxidation sites excluding steroid dienone is 2. The van der Waals surface area contributed by atoms with E-state index in [0.717, 1.165) is 84.6 Å². The summed E-state index contributed by atoms with van der Waals surface area (Å²) in [5.74, 6) is 0.499. The Hall–Kier alpha value is -4.39. The van der Waals surface area contributed by atoms with E-state index in [0.29, 0.717) is 56.2 Å². The molecule has 1 N–H and O–H groups in total. The molecule has 0 unspecified atom stereocenters. The average Bonchev–Trinajstić information content (AvgIpc) is 3.61. The van der Waals surface area contributed by atoms with Crippen LogP contribution in [0.25, 0.3) is 26.9 Å². The lowest BCUT2D eigenvalue weighted by molar-refractivity contribution is -0.145. The zero-order chi connectivity index (χ0) is 39.6. The van der Waals surface area contributed by atoms with Crippen molar-refractivity contribution < 1.29 is 28.8 Å². The highest BCUT2D eigenvalue weighted by Gasteiger charge is 2.32. The molecule has 3 aromatic carbocycles. The van der Waals surface area contributed by atoms with Gasteiger partial charge < -0.3 is 29.0 Å². The monoisotopic (exact) mass is 828 g/mol. The number of hydrogen-bond donors (Lipinski definition) is 1. The lowest BCUT2D eigenvalue weighted by atomic mass is 9.89. The van der Waals surface area contributed by atoms with Gasteiger partial charge >= 0.3 is 5.97 Å². The van der Waals surface area contributed by atoms with Crippen molar-refractivity contribution in [2.24, 2.45) is 0 Å². The van der Waals surface area contributed by atoms with E-state index in [9.17, 15) is 9.90 Å². The molecule has 0 saturated carbocycles. The maximum Gasteiger partial charge on any atom is 0.345 e. The first kappa shape index (κ1) is 39.4. The molecule has 4 aliphatic rings. The summed E-state index contributed by atoms with van der Waals surface area (Å²) in [5.41, 5.74) is 6.04. The molecular formula is C44H46Cl2N4O6S. The van der Waals surface area contributed by atoms with Crippen molar-refractivity contribution in [3.63, 3.8) is 0 Å². The van der Waals surface area contributed by atoms with Gasteiger partial charge in [-0.25, -0.2) is 14.8 Å². The van der Waals surface area contributed by atoms with E-state index < -0.39 is 18.2 Å². The van der Waals surface area contributed by atoms with E-state index >= 15 is 0 Å². The van der Waals surface area contributed by atoms with Gasteiger partial charge in [0.15, 0.2) is 5.75 Å². The first-order valence-electron chi connectivity index (χ1n) is 19.5. The van der Waals surface area contributed by atoms with Crippen LogP contribution in [0, 0.1) is 13.8 Å². The molecule has 1 aliphatic carbocycles. The van der Waals surface area contributed by atoms with Gasteiger partial charge in [0.25, 0.3) is 0 Å². The van der Waals surface area contributed by atoms with E-state index in [1.54, 1.807) is 11.3 Å². The van der Waals surface area contributed by atoms with Gasteiger partial charge in [0.1, 0.15) is 42.0 Å². The molecule has 9 rings (SSSR count). The number of carboxylic acids is 1. The fourth-order valence-corrected chi connectivity index (χ4v) is 9.64. The molecular weight excluding hydrogens is 783 g/mol. The first-order chi connectivity index (χ1) is 27.6. The second-order valence-electron chi connectivity index (χ2n) is 15.1. The molecule has 2 atom stereocenters. The van der Waals surface area contributed by atoms with Crippen molar-refractivity contribution in [1.29, 1.82) is 0 Å². The van der Waals surface area contributed by atoms with E-state index in [-0.39, 0.29) is 18.9 Å². The number of benzene rings is 3. The summed E-state index contributed by atoms with van der Waals surface area (Å²) in [6.45, 7) is 8.69. The fourth-order valence-electron chi connectivity index (χ4n) is 7.91. The molecule has 1 saturated heterocycles. The van der Waals surface area contributed by atoms with Crippen LogP contribution in [0.15, 0.2) is 60.9 Å². The molecule has 5 aromatic rings. The Balaban J connectivity index is 1.30. The van der Waals surface area contributed by atoms with E-state index in [1.807, 2.05) is 62.4 Å². The van der Waals surface area contributed by atoms with Gasteiger partial charge in [0, 0.05) is 55.1 Å². The second-order valence-corrected chi connectivity index (χ2v) is 16.8. The molecule has 0 spiro atoms. The number of hydrogen-bond acceptors (Lipinski definition) is 10. The van der Waals surface area contributed by atoms with Gasteiger partial charge in [-0.3, -0.25) is 4.90 Å². The summed E-state index contributed by atoms with van der Waals surface area (Å²) in [7, 11) is 2.13. The second kappa shape index (κ2) is 17.2. The summed E-state index contributed by atoms with van der Waals surface area (Å²) in [6.07, 6.45) is 5.98. The highest BCUT2D eigenvalue weighted by atomic mass is 35.5. The summed E-state index contributed by atoms with van der Waals surface area (Å²) in [6, 6.07) is 15.3. The van der Waals surface area contributed by atoms with Crippen LogP contribution in [0.4, 0.5) is 0 Å². The largest absolute Gasteiger partial charge is 0.490 e. The Morgan fingerprint density at radius 2 is 1.75 bits per heavy atom. The van der Waals surface area contributed by atoms with Crippen LogP contribution < -0.4 is 18.9 Å². The van der Waals surface area contributed by atoms with Gasteiger partial charge in [0.2, 0.25) is 12.0 Å². The van der Waals surface area contributed by atoms with Gasteiger partial charge in [-0.15, -0.1) is 11.3 Å². The zero-order valence-electron chi connectivity index (χ0n) is 32.4. The number of aliphatic carboxylic acids is 1. The molecule has 57 heavy (non-hydrogen) atoms. The minimum Gasteiger partial charge on any atom is -0.490 e. The summed E-state index contributed by atoms with van der Waals surface area (Å²) in [4.78, 5) is 28.8. The zero-order valence-corrected chi connectivity index (χ0v) is 34.7. The molecule has 10 nitrogen and oxygen atoms in total. The van der Waals surface area contributed by atoms with Crippen LogP contribution in [-0.4, -0.2) is 89.4 Å². The van der Waals surface area contributed by atoms with Gasteiger partial charge in [-0.1, -0.05) is 59.6 Å². The summed E-state index contributed by atoms with van der Waals surface area (Å²) >= 11 is 16.2. The van der Waals surface area contributed by atoms with E-state index in [2.05, 4.69) is 27.9 Å². The third kappa shape index (κ3) is 8.45. The Kier molecular flexibility index (Phi) is 11.9. The third-order valence-corrected chi connectivity index (χ3v) is 13.2. The SMILES string of the molecule is Cc1c(Cl)c2c(Cl)c(C)c1-c1c(C3=CCCCC3)sc3ncnc(c13)O[C@@H](C(=O)O)Cc1cc(ccc1OCc1ccccc1)OC[C@@H](CN1CCN(C)CC1)O2. The molecule has 5 heterocycles. The average molecular weight is 830 g/mol. The predicted molar refractivity (Wildman–Crippen MR) is 226 cm³/mol. The number of piperazine rings is 1. The number of ether oxygens (including phenoxy) is 4. The molecule has 4 bridgehead atoms. The van der Waals surface area contributed by atoms with Crippen molar-refractivity contribution in [2.75, 3.05) is 46.4 Å². The lowest BCUT2D eigenvalue weighted by Crippen LogP contribution is -2.49. The Bertz CT molecular complexity index is 2280. The quantitative estimate of drug-likeness (QED) is 0.171. The standard InChI is InChI=1S/C44H46Cl2N4O6S/c1-26-35-27(2)39(46)40(38(26)45)55-32(22-50-18-16-49(3)17-19-50)24-53-31-14-15-33(54-23-28-10-6-4-7-11-28)30(20-31)21-34(44(51)52)56-42-37-36(35)41(29-12-8-5-9-13-29)57-43(37)48-25-47-42/h4,6-7,10-12,14-15,20,25,32,34H,5,8-9,13,16-19,21-24H2,1-3H3,(H,51,52)/t32-,34-/m1/s1. The molecule has 13 heteroatoms. The predicted octanol–water partition coefficient (Wildman–Crippen LogP) is 9.28. The number of carbonyl (C=O) groups is 1. The first-order valence-corrected chi connectivity index (χ1v) is 21.1. The summed E-state index contributed by atoms with van der Waals surface area (Å²) in [5, 5.41) is 12.2. The molecule has 0 amide bonds. The highest BCUT2D eigenvalue weighted by Crippen LogP contribution is 2.52. The van der Waals surface area contributed by atoms with Gasteiger partial charge in [0.05, 0.1) is 15.4 Å². The minimum absolute atomic E-state index is 0.0229. The van der Waals surface area contributed by atoms with Crippen molar-refractivity contribution in [3.8, 4) is 34.3 Å². The van der Waals surface area contributed by atoms with Gasteiger partial charge in [-0.2, -0.15) is 0 Å². The number of aromatic nitrogens is 2. The number of thiophene rings is 1. The lowest BCUT2D eigenvalue weighted by Gasteiger charge is -2.35. The summed E-state index contributed by atoms with van der Waals surface area (Å²) < 4.78 is 26.2. The van der Waals surface area contributed by atoms with Crippen LogP contribution in [-0.2, 0) is 17.8 Å². The number of nitrogens with zero attached hydrogens (tertiary/aromatic N) is 4. The Morgan fingerprint density at radius 3 is 2.47 bits per heavy atom. The van der Waals surface area contributed by atoms with E-state index in [1.165, 1.54) is 11.9 Å². The number of carboxylic acid groups (broad SMARTS) is 1. The number of likely N-dealkylation sites (N-methyl/N-ethyl adjacent to an activating group) is 1. The van der Waals surface area contributed by atoms with Crippen molar-refractivity contribution >= 4 is 56.3 Å². The van der Waals surface area contributed by atoms with Crippen LogP contribution in [0.5, 0.6) is 23.1 Å². The molecule has 2 aromatic heterocycles. The number of rotatable bonds is 7. The number of fused-ring (bicyclic) bond motifs is 7. The number of halogens is 2. The maximum atomic E-state index is 13.2. The maximum absolute atomic E-state index is 13.2. The smallest absolute Gasteiger partial charge is 0.345 e. The van der Waals surface area contributed by atoms with Gasteiger partial charge in [-0.05, 0) is 92.6 Å². The third-order valence-electron chi connectivity index (χ3n) is 11.1. The van der Waals surface area contributed by atoms with Crippen LogP contribution >= 0.6 is 34.5 Å². The molecule has 0 radical (unpaired) electrons. The normalized spacial score (nSPS) is 19.3.